The summed E-state index contributed by atoms with van der Waals surface area (Å²) in [6.07, 6.45) is 23.3. The maximum Gasteiger partial charge on any atom is 0.0363 e. The van der Waals surface area contributed by atoms with Crippen molar-refractivity contribution >= 4 is 22.2 Å². The molecule has 2 unspecified atom stereocenters. The van der Waals surface area contributed by atoms with Crippen molar-refractivity contribution in [1.29, 1.82) is 0 Å². The topological polar surface area (TPSA) is 0 Å². The van der Waals surface area contributed by atoms with Gasteiger partial charge in [0.15, 0.2) is 0 Å². The maximum atomic E-state index is 2.69. The molecule has 0 heterocycles. The number of hydrogen-bond acceptors (Lipinski definition) is 0. The van der Waals surface area contributed by atoms with Crippen LogP contribution in [-0.2, 0) is 25.7 Å². The summed E-state index contributed by atoms with van der Waals surface area (Å²) in [5.41, 5.74) is 17.6. The van der Waals surface area contributed by atoms with Crippen LogP contribution in [-0.4, -0.2) is 12.5 Å². The van der Waals surface area contributed by atoms with Crippen molar-refractivity contribution < 1.29 is 0 Å². The molecular formula is C38H52S. The molecule has 4 aliphatic rings. The van der Waals surface area contributed by atoms with Crippen LogP contribution in [0.15, 0.2) is 35.4 Å². The van der Waals surface area contributed by atoms with Crippen molar-refractivity contribution in [1.82, 2.24) is 0 Å². The SMILES string of the molecule is CCC1=Cc2c(ccc3c2CC(CC)(CC)C3)C1S(C)(C)C1C(CC)=Cc2c1ccc1c2CC(CC)(CC)C1. The van der Waals surface area contributed by atoms with Crippen LogP contribution in [0.25, 0.3) is 12.2 Å². The highest BCUT2D eigenvalue weighted by Crippen LogP contribution is 2.73. The molecule has 0 aromatic heterocycles. The summed E-state index contributed by atoms with van der Waals surface area (Å²) in [4.78, 5) is 0. The largest absolute Gasteiger partial charge is 0.226 e. The second-order valence-corrected chi connectivity index (χ2v) is 17.8. The molecule has 2 atom stereocenters. The summed E-state index contributed by atoms with van der Waals surface area (Å²) >= 11 is 0. The van der Waals surface area contributed by atoms with E-state index in [2.05, 4.69) is 90.5 Å². The molecule has 1 heteroatoms. The average molecular weight is 541 g/mol. The first-order chi connectivity index (χ1) is 18.7. The minimum atomic E-state index is -1.04. The molecular weight excluding hydrogens is 488 g/mol. The molecule has 0 radical (unpaired) electrons. The molecule has 4 aliphatic carbocycles. The van der Waals surface area contributed by atoms with Crippen LogP contribution in [0.5, 0.6) is 0 Å². The van der Waals surface area contributed by atoms with E-state index >= 15 is 0 Å². The normalized spacial score (nSPS) is 24.2. The summed E-state index contributed by atoms with van der Waals surface area (Å²) in [7, 11) is -1.04. The zero-order valence-corrected chi connectivity index (χ0v) is 26.9. The predicted molar refractivity (Wildman–Crippen MR) is 175 cm³/mol. The van der Waals surface area contributed by atoms with Crippen molar-refractivity contribution in [2.24, 2.45) is 10.8 Å². The van der Waals surface area contributed by atoms with Crippen LogP contribution in [0, 0.1) is 10.8 Å². The Morgan fingerprint density at radius 1 is 0.590 bits per heavy atom. The first kappa shape index (κ1) is 27.4. The Labute approximate surface area is 241 Å². The van der Waals surface area contributed by atoms with Crippen LogP contribution in [0.1, 0.15) is 135 Å². The van der Waals surface area contributed by atoms with Crippen molar-refractivity contribution in [3.05, 3.63) is 79.9 Å². The van der Waals surface area contributed by atoms with Gasteiger partial charge >= 0.3 is 0 Å². The molecule has 39 heavy (non-hydrogen) atoms. The number of benzene rings is 2. The van der Waals surface area contributed by atoms with E-state index in [0.717, 1.165) is 0 Å². The van der Waals surface area contributed by atoms with Crippen LogP contribution in [0.4, 0.5) is 0 Å². The Hall–Kier alpha value is -1.73. The van der Waals surface area contributed by atoms with Crippen LogP contribution in [0.3, 0.4) is 0 Å². The van der Waals surface area contributed by atoms with E-state index in [0.29, 0.717) is 21.3 Å². The third-order valence-electron chi connectivity index (χ3n) is 12.1. The van der Waals surface area contributed by atoms with E-state index in [-0.39, 0.29) is 0 Å². The Bertz CT molecular complexity index is 1250. The highest BCUT2D eigenvalue weighted by molar-refractivity contribution is 8.33. The molecule has 0 spiro atoms. The van der Waals surface area contributed by atoms with Gasteiger partial charge in [0.2, 0.25) is 0 Å². The van der Waals surface area contributed by atoms with Crippen molar-refractivity contribution in [3.8, 4) is 0 Å². The van der Waals surface area contributed by atoms with E-state index in [1.54, 1.807) is 55.7 Å². The lowest BCUT2D eigenvalue weighted by Gasteiger charge is -2.47. The number of fused-ring (bicyclic) bond motifs is 6. The molecule has 2 aromatic carbocycles. The molecule has 0 fully saturated rings. The quantitative estimate of drug-likeness (QED) is 0.312. The fourth-order valence-corrected chi connectivity index (χ4v) is 13.3. The average Bonchev–Trinajstić information content (AvgIpc) is 3.71. The first-order valence-electron chi connectivity index (χ1n) is 16.1. The van der Waals surface area contributed by atoms with Gasteiger partial charge < -0.3 is 0 Å². The fraction of sp³-hybridized carbons (Fsp3) is 0.579. The Kier molecular flexibility index (Phi) is 6.81. The van der Waals surface area contributed by atoms with Crippen LogP contribution >= 0.6 is 10.0 Å². The highest BCUT2D eigenvalue weighted by Gasteiger charge is 2.46. The third kappa shape index (κ3) is 3.92. The maximum absolute atomic E-state index is 2.69. The molecule has 0 aliphatic heterocycles. The lowest BCUT2D eigenvalue weighted by atomic mass is 9.79. The van der Waals surface area contributed by atoms with E-state index in [4.69, 9.17) is 0 Å². The molecule has 210 valence electrons. The van der Waals surface area contributed by atoms with Gasteiger partial charge in [-0.15, -0.1) is 0 Å². The monoisotopic (exact) mass is 540 g/mol. The fourth-order valence-electron chi connectivity index (χ4n) is 9.25. The van der Waals surface area contributed by atoms with E-state index in [1.165, 1.54) is 64.2 Å². The smallest absolute Gasteiger partial charge is 0.0363 e. The van der Waals surface area contributed by atoms with Gasteiger partial charge in [-0.2, -0.15) is 0 Å². The van der Waals surface area contributed by atoms with Crippen LogP contribution < -0.4 is 0 Å². The molecule has 0 saturated carbocycles. The van der Waals surface area contributed by atoms with Gasteiger partial charge in [0.05, 0.1) is 0 Å². The summed E-state index contributed by atoms with van der Waals surface area (Å²) in [6.45, 7) is 14.5. The summed E-state index contributed by atoms with van der Waals surface area (Å²) in [6, 6.07) is 10.2. The second-order valence-electron chi connectivity index (χ2n) is 13.9. The highest BCUT2D eigenvalue weighted by atomic mass is 32.3. The van der Waals surface area contributed by atoms with Crippen LogP contribution in [0.2, 0.25) is 0 Å². The molecule has 0 amide bonds. The number of hydrogen-bond donors (Lipinski definition) is 0. The van der Waals surface area contributed by atoms with E-state index in [1.807, 2.05) is 0 Å². The summed E-state index contributed by atoms with van der Waals surface area (Å²) in [5.74, 6) is 0. The van der Waals surface area contributed by atoms with Gasteiger partial charge in [-0.25, -0.2) is 10.0 Å². The zero-order chi connectivity index (χ0) is 27.7. The molecule has 0 bridgehead atoms. The van der Waals surface area contributed by atoms with Gasteiger partial charge in [0.1, 0.15) is 0 Å². The van der Waals surface area contributed by atoms with Gasteiger partial charge in [-0.1, -0.05) is 89.1 Å². The molecule has 0 nitrogen and oxygen atoms in total. The first-order valence-corrected chi connectivity index (χ1v) is 18.7. The number of rotatable bonds is 8. The summed E-state index contributed by atoms with van der Waals surface area (Å²) in [5, 5.41) is 1.15. The van der Waals surface area contributed by atoms with Gasteiger partial charge in [-0.3, -0.25) is 0 Å². The van der Waals surface area contributed by atoms with Crippen molar-refractivity contribution in [3.63, 3.8) is 0 Å². The predicted octanol–water partition coefficient (Wildman–Crippen LogP) is 11.0. The lowest BCUT2D eigenvalue weighted by Crippen LogP contribution is -2.19. The molecule has 2 aromatic rings. The Morgan fingerprint density at radius 2 is 0.974 bits per heavy atom. The standard InChI is InChI=1S/C38H52S/c1-9-25-19-31-29(17-15-27-21-37(11-3,12-4)23-33(27)31)35(25)39(7,8)36-26(10-2)20-32-30(36)18-16-28-22-38(13-5,14-6)24-34(28)32/h15-20,35-36H,9-14,21-24H2,1-8H3. The van der Waals surface area contributed by atoms with E-state index < -0.39 is 10.0 Å². The Balaban J connectivity index is 1.43. The summed E-state index contributed by atoms with van der Waals surface area (Å²) < 4.78 is 0. The van der Waals surface area contributed by atoms with Crippen molar-refractivity contribution in [2.75, 3.05) is 12.5 Å². The van der Waals surface area contributed by atoms with Crippen molar-refractivity contribution in [2.45, 2.75) is 116 Å². The van der Waals surface area contributed by atoms with Gasteiger partial charge in [-0.05, 0) is 132 Å². The third-order valence-corrected chi connectivity index (χ3v) is 15.7. The Morgan fingerprint density at radius 3 is 1.31 bits per heavy atom. The van der Waals surface area contributed by atoms with Gasteiger partial charge in [0, 0.05) is 10.5 Å². The van der Waals surface area contributed by atoms with Gasteiger partial charge in [0.25, 0.3) is 0 Å². The lowest BCUT2D eigenvalue weighted by molar-refractivity contribution is 0.280. The second kappa shape index (κ2) is 9.68. The van der Waals surface area contributed by atoms with E-state index in [9.17, 15) is 0 Å². The molecule has 0 N–H and O–H groups in total. The molecule has 6 rings (SSSR count). The zero-order valence-electron chi connectivity index (χ0n) is 26.1. The molecule has 0 saturated heterocycles. The minimum absolute atomic E-state index is 0.479. The minimum Gasteiger partial charge on any atom is -0.226 e.